The Kier molecular flexibility index (Phi) is 2.70. The molecule has 0 bridgehead atoms. The molecule has 0 radical (unpaired) electrons. The molecule has 3 nitrogen and oxygen atoms in total. The molecular weight excluding hydrogens is 245 g/mol. The minimum absolute atomic E-state index is 0.128. The van der Waals surface area contributed by atoms with Crippen LogP contribution in [-0.4, -0.2) is 23.6 Å². The van der Waals surface area contributed by atoms with E-state index in [4.69, 9.17) is 9.31 Å². The summed E-state index contributed by atoms with van der Waals surface area (Å²) in [4.78, 5) is 1.26. The maximum absolute atomic E-state index is 6.07. The van der Waals surface area contributed by atoms with Gasteiger partial charge in [0, 0.05) is 10.6 Å². The van der Waals surface area contributed by atoms with Crippen molar-refractivity contribution in [3.05, 3.63) is 24.3 Å². The molecule has 2 aliphatic rings. The molecule has 5 heteroatoms. The summed E-state index contributed by atoms with van der Waals surface area (Å²) in [6.45, 7) is 8.33. The highest BCUT2D eigenvalue weighted by molar-refractivity contribution is 8.01. The quantitative estimate of drug-likeness (QED) is 0.788. The number of benzene rings is 1. The van der Waals surface area contributed by atoms with Crippen LogP contribution in [0.15, 0.2) is 29.2 Å². The molecular formula is C13H18BNO2S. The van der Waals surface area contributed by atoms with Crippen LogP contribution in [0.1, 0.15) is 27.7 Å². The Balaban J connectivity index is 1.77. The first kappa shape index (κ1) is 12.4. The molecule has 3 rings (SSSR count). The van der Waals surface area contributed by atoms with Gasteiger partial charge in [-0.05, 0) is 39.8 Å². The van der Waals surface area contributed by atoms with Gasteiger partial charge in [-0.3, -0.25) is 0 Å². The molecule has 0 aliphatic carbocycles. The van der Waals surface area contributed by atoms with Crippen LogP contribution < -0.4 is 5.32 Å². The molecule has 2 aliphatic heterocycles. The number of thioether (sulfide) groups is 1. The second-order valence-electron chi connectivity index (χ2n) is 5.80. The van der Waals surface area contributed by atoms with Crippen LogP contribution in [0.25, 0.3) is 0 Å². The largest absolute Gasteiger partial charge is 0.493 e. The Morgan fingerprint density at radius 3 is 2.33 bits per heavy atom. The molecule has 1 aromatic carbocycles. The van der Waals surface area contributed by atoms with Gasteiger partial charge in [-0.1, -0.05) is 12.1 Å². The first-order valence-corrected chi connectivity index (χ1v) is 7.15. The van der Waals surface area contributed by atoms with Crippen molar-refractivity contribution in [3.63, 3.8) is 0 Å². The number of hydrogen-bond donors (Lipinski definition) is 1. The monoisotopic (exact) mass is 263 g/mol. The molecule has 96 valence electrons. The van der Waals surface area contributed by atoms with E-state index in [0.29, 0.717) is 0 Å². The smallest absolute Gasteiger partial charge is 0.401 e. The van der Waals surface area contributed by atoms with Gasteiger partial charge < -0.3 is 14.6 Å². The zero-order valence-electron chi connectivity index (χ0n) is 11.2. The third kappa shape index (κ3) is 1.85. The third-order valence-electron chi connectivity index (χ3n) is 3.96. The molecule has 2 heterocycles. The van der Waals surface area contributed by atoms with Crippen molar-refractivity contribution in [2.75, 3.05) is 5.32 Å². The van der Waals surface area contributed by atoms with Crippen molar-refractivity contribution in [2.45, 2.75) is 49.1 Å². The summed E-state index contributed by atoms with van der Waals surface area (Å²) in [5.41, 5.74) is 0.630. The van der Waals surface area contributed by atoms with E-state index >= 15 is 0 Å². The van der Waals surface area contributed by atoms with Crippen molar-refractivity contribution in [1.82, 2.24) is 0 Å². The lowest BCUT2D eigenvalue weighted by molar-refractivity contribution is 0.00578. The second kappa shape index (κ2) is 3.92. The van der Waals surface area contributed by atoms with Crippen LogP contribution in [0.3, 0.4) is 0 Å². The fourth-order valence-corrected chi connectivity index (χ4v) is 3.24. The van der Waals surface area contributed by atoms with Gasteiger partial charge in [0.1, 0.15) is 5.27 Å². The van der Waals surface area contributed by atoms with E-state index in [0.717, 1.165) is 0 Å². The number of fused-ring (bicyclic) bond motifs is 1. The van der Waals surface area contributed by atoms with Gasteiger partial charge in [0.25, 0.3) is 0 Å². The predicted octanol–water partition coefficient (Wildman–Crippen LogP) is 3.16. The molecule has 1 unspecified atom stereocenters. The SMILES string of the molecule is CC1(C)OB(C2Nc3ccccc3S2)OC1(C)C. The lowest BCUT2D eigenvalue weighted by Crippen LogP contribution is -2.41. The summed E-state index contributed by atoms with van der Waals surface area (Å²) < 4.78 is 12.1. The minimum atomic E-state index is -0.269. The van der Waals surface area contributed by atoms with Crippen LogP contribution in [0.5, 0.6) is 0 Å². The van der Waals surface area contributed by atoms with Gasteiger partial charge in [-0.25, -0.2) is 0 Å². The maximum atomic E-state index is 6.07. The Bertz CT molecular complexity index is 437. The Labute approximate surface area is 113 Å². The zero-order chi connectivity index (χ0) is 13.0. The molecule has 1 saturated heterocycles. The summed E-state index contributed by atoms with van der Waals surface area (Å²) in [5.74, 6) is 0. The molecule has 0 amide bonds. The summed E-state index contributed by atoms with van der Waals surface area (Å²) in [6, 6.07) is 8.31. The molecule has 0 spiro atoms. The van der Waals surface area contributed by atoms with Crippen molar-refractivity contribution in [1.29, 1.82) is 0 Å². The maximum Gasteiger partial charge on any atom is 0.493 e. The highest BCUT2D eigenvalue weighted by Gasteiger charge is 2.55. The first-order chi connectivity index (χ1) is 8.39. The van der Waals surface area contributed by atoms with Crippen LogP contribution in [0.2, 0.25) is 0 Å². The first-order valence-electron chi connectivity index (χ1n) is 6.27. The van der Waals surface area contributed by atoms with Crippen molar-refractivity contribution >= 4 is 24.6 Å². The van der Waals surface area contributed by atoms with Gasteiger partial charge in [0.15, 0.2) is 0 Å². The molecule has 1 aromatic rings. The standard InChI is InChI=1S/C13H18BNO2S/c1-12(2)13(3,4)17-14(16-12)11-15-9-7-5-6-8-10(9)18-11/h5-8,11,15H,1-4H3. The molecule has 1 atom stereocenters. The van der Waals surface area contributed by atoms with E-state index in [1.165, 1.54) is 10.6 Å². The average Bonchev–Trinajstić information content (AvgIpc) is 2.78. The molecule has 0 aromatic heterocycles. The molecule has 1 N–H and O–H groups in total. The van der Waals surface area contributed by atoms with Crippen LogP contribution in [0, 0.1) is 0 Å². The number of rotatable bonds is 1. The van der Waals surface area contributed by atoms with Crippen molar-refractivity contribution in [2.24, 2.45) is 0 Å². The number of anilines is 1. The highest BCUT2D eigenvalue weighted by atomic mass is 32.2. The van der Waals surface area contributed by atoms with Crippen LogP contribution in [0.4, 0.5) is 5.69 Å². The van der Waals surface area contributed by atoms with E-state index in [9.17, 15) is 0 Å². The number of nitrogens with one attached hydrogen (secondary N) is 1. The Morgan fingerprint density at radius 2 is 1.72 bits per heavy atom. The van der Waals surface area contributed by atoms with E-state index in [2.05, 4.69) is 51.2 Å². The van der Waals surface area contributed by atoms with Gasteiger partial charge in [0.05, 0.1) is 11.2 Å². The number of para-hydroxylation sites is 1. The topological polar surface area (TPSA) is 30.5 Å². The average molecular weight is 263 g/mol. The van der Waals surface area contributed by atoms with Gasteiger partial charge >= 0.3 is 7.12 Å². The van der Waals surface area contributed by atoms with E-state index in [1.807, 2.05) is 6.07 Å². The van der Waals surface area contributed by atoms with E-state index in [-0.39, 0.29) is 23.6 Å². The van der Waals surface area contributed by atoms with Gasteiger partial charge in [-0.2, -0.15) is 0 Å². The van der Waals surface area contributed by atoms with Crippen molar-refractivity contribution in [3.8, 4) is 0 Å². The van der Waals surface area contributed by atoms with E-state index in [1.54, 1.807) is 11.8 Å². The minimum Gasteiger partial charge on any atom is -0.401 e. The fourth-order valence-electron chi connectivity index (χ4n) is 2.14. The molecule has 0 saturated carbocycles. The zero-order valence-corrected chi connectivity index (χ0v) is 12.0. The summed E-state index contributed by atoms with van der Waals surface area (Å²) in [7, 11) is -0.215. The fraction of sp³-hybridized carbons (Fsp3) is 0.538. The lowest BCUT2D eigenvalue weighted by atomic mass is 9.90. The van der Waals surface area contributed by atoms with Crippen LogP contribution >= 0.6 is 11.8 Å². The lowest BCUT2D eigenvalue weighted by Gasteiger charge is -2.32. The van der Waals surface area contributed by atoms with Crippen molar-refractivity contribution < 1.29 is 9.31 Å². The van der Waals surface area contributed by atoms with Gasteiger partial charge in [0.2, 0.25) is 0 Å². The van der Waals surface area contributed by atoms with Gasteiger partial charge in [-0.15, -0.1) is 11.8 Å². The summed E-state index contributed by atoms with van der Waals surface area (Å²) in [5, 5.41) is 3.59. The third-order valence-corrected chi connectivity index (χ3v) is 5.16. The second-order valence-corrected chi connectivity index (χ2v) is 6.99. The Hall–Kier alpha value is -0.645. The molecule has 18 heavy (non-hydrogen) atoms. The van der Waals surface area contributed by atoms with Crippen LogP contribution in [-0.2, 0) is 9.31 Å². The predicted molar refractivity (Wildman–Crippen MR) is 75.8 cm³/mol. The molecule has 1 fully saturated rings. The number of hydrogen-bond acceptors (Lipinski definition) is 4. The summed E-state index contributed by atoms with van der Waals surface area (Å²) >= 11 is 1.77. The summed E-state index contributed by atoms with van der Waals surface area (Å²) in [6.07, 6.45) is 0. The van der Waals surface area contributed by atoms with E-state index < -0.39 is 0 Å². The highest BCUT2D eigenvalue weighted by Crippen LogP contribution is 2.44. The normalized spacial score (nSPS) is 28.0. The Morgan fingerprint density at radius 1 is 1.11 bits per heavy atom.